The Kier molecular flexibility index (Phi) is 4.06. The van der Waals surface area contributed by atoms with E-state index in [4.69, 9.17) is 0 Å². The second-order valence-electron chi connectivity index (χ2n) is 7.57. The quantitative estimate of drug-likeness (QED) is 0.893. The predicted molar refractivity (Wildman–Crippen MR) is 94.6 cm³/mol. The maximum Gasteiger partial charge on any atom is 0.407 e. The van der Waals surface area contributed by atoms with Gasteiger partial charge in [-0.3, -0.25) is 4.79 Å². The predicted octanol–water partition coefficient (Wildman–Crippen LogP) is 2.12. The second-order valence-corrected chi connectivity index (χ2v) is 7.57. The summed E-state index contributed by atoms with van der Waals surface area (Å²) in [6, 6.07) is 10.3. The Hall–Kier alpha value is -2.24. The normalized spacial score (nSPS) is 29.0. The summed E-state index contributed by atoms with van der Waals surface area (Å²) < 4.78 is 0. The Morgan fingerprint density at radius 1 is 1.00 bits per heavy atom. The molecule has 2 aliphatic heterocycles. The molecule has 4 rings (SSSR count). The molecule has 0 aromatic heterocycles. The summed E-state index contributed by atoms with van der Waals surface area (Å²) in [4.78, 5) is 29.9. The van der Waals surface area contributed by atoms with Crippen LogP contribution < -0.4 is 4.90 Å². The van der Waals surface area contributed by atoms with Crippen molar-refractivity contribution in [3.05, 3.63) is 30.3 Å². The lowest BCUT2D eigenvalue weighted by Gasteiger charge is -2.37. The van der Waals surface area contributed by atoms with Crippen LogP contribution in [0.5, 0.6) is 0 Å². The van der Waals surface area contributed by atoms with Gasteiger partial charge in [0.1, 0.15) is 0 Å². The fourth-order valence-corrected chi connectivity index (χ4v) is 4.52. The Labute approximate surface area is 148 Å². The van der Waals surface area contributed by atoms with Gasteiger partial charge in [0, 0.05) is 56.3 Å². The van der Waals surface area contributed by atoms with E-state index in [2.05, 4.69) is 17.0 Å². The maximum absolute atomic E-state index is 12.9. The topological polar surface area (TPSA) is 64.1 Å². The molecule has 2 atom stereocenters. The van der Waals surface area contributed by atoms with Crippen LogP contribution >= 0.6 is 0 Å². The van der Waals surface area contributed by atoms with Crippen LogP contribution in [0.15, 0.2) is 30.3 Å². The van der Waals surface area contributed by atoms with E-state index in [-0.39, 0.29) is 17.2 Å². The number of nitrogens with zero attached hydrogens (tertiary/aromatic N) is 3. The largest absolute Gasteiger partial charge is 0.465 e. The zero-order valence-corrected chi connectivity index (χ0v) is 14.4. The SMILES string of the molecule is O=C(O)N1CCCC2(CC2C(=O)N2CCN(c3ccccc3)CC2)C1. The van der Waals surface area contributed by atoms with E-state index in [0.29, 0.717) is 13.1 Å². The molecule has 2 unspecified atom stereocenters. The Morgan fingerprint density at radius 3 is 2.40 bits per heavy atom. The number of hydrogen-bond acceptors (Lipinski definition) is 3. The van der Waals surface area contributed by atoms with Crippen molar-refractivity contribution in [1.29, 1.82) is 0 Å². The lowest BCUT2D eigenvalue weighted by atomic mass is 9.92. The van der Waals surface area contributed by atoms with Crippen molar-refractivity contribution >= 4 is 17.7 Å². The van der Waals surface area contributed by atoms with Crippen LogP contribution in [0, 0.1) is 11.3 Å². The molecular formula is C19H25N3O3. The first-order valence-electron chi connectivity index (χ1n) is 9.16. The molecule has 1 spiro atoms. The van der Waals surface area contributed by atoms with E-state index in [1.165, 1.54) is 10.6 Å². The van der Waals surface area contributed by atoms with Crippen LogP contribution in [0.4, 0.5) is 10.5 Å². The molecule has 1 saturated carbocycles. The third-order valence-electron chi connectivity index (χ3n) is 6.08. The van der Waals surface area contributed by atoms with Crippen LogP contribution in [-0.4, -0.2) is 66.2 Å². The van der Waals surface area contributed by atoms with Gasteiger partial charge >= 0.3 is 6.09 Å². The van der Waals surface area contributed by atoms with E-state index in [9.17, 15) is 14.7 Å². The first-order valence-corrected chi connectivity index (χ1v) is 9.16. The van der Waals surface area contributed by atoms with Gasteiger partial charge in [0.25, 0.3) is 0 Å². The highest BCUT2D eigenvalue weighted by atomic mass is 16.4. The number of amides is 2. The summed E-state index contributed by atoms with van der Waals surface area (Å²) in [5.74, 6) is 0.262. The lowest BCUT2D eigenvalue weighted by molar-refractivity contribution is -0.134. The molecule has 2 saturated heterocycles. The van der Waals surface area contributed by atoms with Gasteiger partial charge in [-0.05, 0) is 31.4 Å². The average Bonchev–Trinajstić information content (AvgIpc) is 3.34. The van der Waals surface area contributed by atoms with Gasteiger partial charge in [-0.15, -0.1) is 0 Å². The number of benzene rings is 1. The number of likely N-dealkylation sites (tertiary alicyclic amines) is 1. The molecular weight excluding hydrogens is 318 g/mol. The van der Waals surface area contributed by atoms with Crippen molar-refractivity contribution in [3.63, 3.8) is 0 Å². The van der Waals surface area contributed by atoms with Crippen LogP contribution in [0.25, 0.3) is 0 Å². The molecule has 3 fully saturated rings. The number of carboxylic acid groups (broad SMARTS) is 1. The smallest absolute Gasteiger partial charge is 0.407 e. The molecule has 2 amide bonds. The summed E-state index contributed by atoms with van der Waals surface area (Å²) in [7, 11) is 0. The molecule has 1 aromatic carbocycles. The Morgan fingerprint density at radius 2 is 1.72 bits per heavy atom. The van der Waals surface area contributed by atoms with Crippen molar-refractivity contribution in [1.82, 2.24) is 9.80 Å². The minimum Gasteiger partial charge on any atom is -0.465 e. The average molecular weight is 343 g/mol. The van der Waals surface area contributed by atoms with E-state index in [0.717, 1.165) is 45.4 Å². The molecule has 6 heteroatoms. The van der Waals surface area contributed by atoms with Crippen LogP contribution in [0.3, 0.4) is 0 Å². The van der Waals surface area contributed by atoms with Crippen molar-refractivity contribution in [2.75, 3.05) is 44.2 Å². The Bertz CT molecular complexity index is 657. The highest BCUT2D eigenvalue weighted by Gasteiger charge is 2.60. The first-order chi connectivity index (χ1) is 12.1. The van der Waals surface area contributed by atoms with Gasteiger partial charge in [-0.25, -0.2) is 4.79 Å². The van der Waals surface area contributed by atoms with Gasteiger partial charge in [0.2, 0.25) is 5.91 Å². The van der Waals surface area contributed by atoms with Gasteiger partial charge in [-0.2, -0.15) is 0 Å². The van der Waals surface area contributed by atoms with Crippen molar-refractivity contribution in [2.24, 2.45) is 11.3 Å². The molecule has 0 bridgehead atoms. The summed E-state index contributed by atoms with van der Waals surface area (Å²) in [6.07, 6.45) is 1.86. The summed E-state index contributed by atoms with van der Waals surface area (Å²) in [6.45, 7) is 4.36. The third kappa shape index (κ3) is 3.05. The molecule has 0 radical (unpaired) electrons. The number of piperidine rings is 1. The number of rotatable bonds is 2. The number of carbonyl (C=O) groups excluding carboxylic acids is 1. The highest BCUT2D eigenvalue weighted by molar-refractivity contribution is 5.83. The van der Waals surface area contributed by atoms with Crippen LogP contribution in [0.2, 0.25) is 0 Å². The molecule has 6 nitrogen and oxygen atoms in total. The molecule has 3 aliphatic rings. The summed E-state index contributed by atoms with van der Waals surface area (Å²) in [5, 5.41) is 9.23. The van der Waals surface area contributed by atoms with Gasteiger partial charge in [0.05, 0.1) is 0 Å². The fourth-order valence-electron chi connectivity index (χ4n) is 4.52. The lowest BCUT2D eigenvalue weighted by Crippen LogP contribution is -2.50. The zero-order valence-electron chi connectivity index (χ0n) is 14.4. The zero-order chi connectivity index (χ0) is 17.4. The van der Waals surface area contributed by atoms with E-state index in [1.807, 2.05) is 23.1 Å². The minimum atomic E-state index is -0.853. The fraction of sp³-hybridized carbons (Fsp3) is 0.579. The Balaban J connectivity index is 1.34. The van der Waals surface area contributed by atoms with E-state index < -0.39 is 6.09 Å². The second kappa shape index (κ2) is 6.24. The number of hydrogen-bond donors (Lipinski definition) is 1. The molecule has 134 valence electrons. The van der Waals surface area contributed by atoms with Gasteiger partial charge in [-0.1, -0.05) is 18.2 Å². The number of piperazine rings is 1. The van der Waals surface area contributed by atoms with Crippen LogP contribution in [0.1, 0.15) is 19.3 Å². The first kappa shape index (κ1) is 16.2. The minimum absolute atomic E-state index is 0.0259. The van der Waals surface area contributed by atoms with E-state index >= 15 is 0 Å². The molecule has 1 aliphatic carbocycles. The van der Waals surface area contributed by atoms with Crippen molar-refractivity contribution < 1.29 is 14.7 Å². The molecule has 25 heavy (non-hydrogen) atoms. The van der Waals surface area contributed by atoms with E-state index in [1.54, 1.807) is 0 Å². The highest BCUT2D eigenvalue weighted by Crippen LogP contribution is 2.58. The van der Waals surface area contributed by atoms with Crippen molar-refractivity contribution in [3.8, 4) is 0 Å². The summed E-state index contributed by atoms with van der Waals surface area (Å²) in [5.41, 5.74) is 1.13. The molecule has 1 N–H and O–H groups in total. The molecule has 2 heterocycles. The standard InChI is InChI=1S/C19H25N3O3/c23-17(16-13-19(16)7-4-8-22(14-19)18(24)25)21-11-9-20(10-12-21)15-5-2-1-3-6-15/h1-3,5-6,16H,4,7-14H2,(H,24,25). The van der Waals surface area contributed by atoms with Crippen molar-refractivity contribution in [2.45, 2.75) is 19.3 Å². The summed E-state index contributed by atoms with van der Waals surface area (Å²) >= 11 is 0. The monoisotopic (exact) mass is 343 g/mol. The number of carbonyl (C=O) groups is 2. The van der Waals surface area contributed by atoms with Gasteiger partial charge in [0.15, 0.2) is 0 Å². The number of para-hydroxylation sites is 1. The third-order valence-corrected chi connectivity index (χ3v) is 6.08. The number of anilines is 1. The maximum atomic E-state index is 12.9. The van der Waals surface area contributed by atoms with Gasteiger partial charge < -0.3 is 19.8 Å². The van der Waals surface area contributed by atoms with Crippen LogP contribution in [-0.2, 0) is 4.79 Å². The molecule has 1 aromatic rings.